The maximum absolute atomic E-state index is 8.94. The van der Waals surface area contributed by atoms with E-state index in [4.69, 9.17) is 15.7 Å². The predicted molar refractivity (Wildman–Crippen MR) is 115 cm³/mol. The Kier molecular flexibility index (Phi) is 7.27. The molecule has 2 rings (SSSR count). The van der Waals surface area contributed by atoms with Gasteiger partial charge in [0.05, 0.1) is 30.4 Å². The highest BCUT2D eigenvalue weighted by Gasteiger charge is 2.17. The van der Waals surface area contributed by atoms with E-state index in [1.165, 1.54) is 10.9 Å². The van der Waals surface area contributed by atoms with Crippen molar-refractivity contribution in [2.45, 2.75) is 52.6 Å². The number of hydrogen-bond donors (Lipinski definition) is 1. The van der Waals surface area contributed by atoms with Gasteiger partial charge in [0.15, 0.2) is 0 Å². The number of aryl methyl sites for hydroxylation is 1. The summed E-state index contributed by atoms with van der Waals surface area (Å²) in [4.78, 5) is 0. The molecule has 1 aromatic heterocycles. The Morgan fingerprint density at radius 1 is 1.44 bits per heavy atom. The highest BCUT2D eigenvalue weighted by Crippen LogP contribution is 2.34. The standard InChI is InChI=1S/C23H31N3O/c1-6-17(4)9-11-21-20-12-10-19(27-5)14-22(20)26(23(21)16(2)3)13-7-8-18(25)15-24/h9-12,14,17-18H,2,6-8,13,25H2,1,3-5H3/b11-9-. The Labute approximate surface area is 162 Å². The summed E-state index contributed by atoms with van der Waals surface area (Å²) in [5.74, 6) is 1.36. The van der Waals surface area contributed by atoms with Crippen molar-refractivity contribution >= 4 is 22.6 Å². The molecule has 2 aromatic rings. The van der Waals surface area contributed by atoms with Gasteiger partial charge in [0.25, 0.3) is 0 Å². The molecule has 2 unspecified atom stereocenters. The zero-order chi connectivity index (χ0) is 20.0. The minimum Gasteiger partial charge on any atom is -0.497 e. The van der Waals surface area contributed by atoms with Crippen molar-refractivity contribution in [3.63, 3.8) is 0 Å². The van der Waals surface area contributed by atoms with Gasteiger partial charge in [-0.3, -0.25) is 0 Å². The molecule has 2 N–H and O–H groups in total. The van der Waals surface area contributed by atoms with Crippen LogP contribution in [0.5, 0.6) is 5.75 Å². The summed E-state index contributed by atoms with van der Waals surface area (Å²) in [5.41, 5.74) is 10.3. The fourth-order valence-electron chi connectivity index (χ4n) is 3.27. The third-order valence-electron chi connectivity index (χ3n) is 5.01. The van der Waals surface area contributed by atoms with E-state index in [1.54, 1.807) is 7.11 Å². The maximum atomic E-state index is 8.94. The molecule has 27 heavy (non-hydrogen) atoms. The second-order valence-electron chi connectivity index (χ2n) is 7.20. The van der Waals surface area contributed by atoms with Crippen molar-refractivity contribution in [3.8, 4) is 11.8 Å². The van der Waals surface area contributed by atoms with E-state index in [9.17, 15) is 0 Å². The largest absolute Gasteiger partial charge is 0.497 e. The lowest BCUT2D eigenvalue weighted by Gasteiger charge is -2.12. The molecule has 1 heterocycles. The van der Waals surface area contributed by atoms with Crippen molar-refractivity contribution in [1.29, 1.82) is 5.26 Å². The number of nitriles is 1. The van der Waals surface area contributed by atoms with Crippen LogP contribution >= 0.6 is 0 Å². The molecule has 1 aromatic carbocycles. The van der Waals surface area contributed by atoms with E-state index in [2.05, 4.69) is 55.3 Å². The van der Waals surface area contributed by atoms with Crippen LogP contribution in [0.3, 0.4) is 0 Å². The molecular weight excluding hydrogens is 334 g/mol. The van der Waals surface area contributed by atoms with E-state index < -0.39 is 6.04 Å². The number of methoxy groups -OCH3 is 1. The zero-order valence-electron chi connectivity index (χ0n) is 17.0. The third kappa shape index (κ3) is 4.81. The Morgan fingerprint density at radius 3 is 2.78 bits per heavy atom. The number of benzene rings is 1. The first-order valence-corrected chi connectivity index (χ1v) is 9.62. The van der Waals surface area contributed by atoms with Gasteiger partial charge in [0.1, 0.15) is 5.75 Å². The Balaban J connectivity index is 2.58. The first-order valence-electron chi connectivity index (χ1n) is 9.62. The average Bonchev–Trinajstić information content (AvgIpc) is 2.98. The number of hydrogen-bond acceptors (Lipinski definition) is 3. The van der Waals surface area contributed by atoms with Crippen molar-refractivity contribution in [1.82, 2.24) is 4.57 Å². The van der Waals surface area contributed by atoms with E-state index in [-0.39, 0.29) is 0 Å². The molecule has 144 valence electrons. The SMILES string of the molecule is C=C(C)c1c(/C=C\C(C)CC)c2ccc(OC)cc2n1CCCC(N)C#N. The second kappa shape index (κ2) is 9.43. The summed E-state index contributed by atoms with van der Waals surface area (Å²) in [6.45, 7) is 11.5. The fraction of sp³-hybridized carbons (Fsp3) is 0.435. The number of ether oxygens (including phenoxy) is 1. The van der Waals surface area contributed by atoms with Crippen LogP contribution in [0.15, 0.2) is 30.9 Å². The first kappa shape index (κ1) is 20.8. The topological polar surface area (TPSA) is 64.0 Å². The lowest BCUT2D eigenvalue weighted by atomic mass is 10.0. The summed E-state index contributed by atoms with van der Waals surface area (Å²) in [7, 11) is 1.68. The molecule has 0 amide bonds. The molecule has 2 atom stereocenters. The monoisotopic (exact) mass is 365 g/mol. The summed E-state index contributed by atoms with van der Waals surface area (Å²) < 4.78 is 7.74. The first-order chi connectivity index (χ1) is 12.9. The van der Waals surface area contributed by atoms with Gasteiger partial charge in [-0.15, -0.1) is 0 Å². The molecule has 0 bridgehead atoms. The highest BCUT2D eigenvalue weighted by molar-refractivity contribution is 5.96. The van der Waals surface area contributed by atoms with Gasteiger partial charge in [0.2, 0.25) is 0 Å². The number of rotatable bonds is 9. The maximum Gasteiger partial charge on any atom is 0.120 e. The van der Waals surface area contributed by atoms with Crippen LogP contribution in [0.1, 0.15) is 51.3 Å². The van der Waals surface area contributed by atoms with Gasteiger partial charge in [-0.1, -0.05) is 39.0 Å². The Hall–Kier alpha value is -2.51. The molecule has 0 saturated carbocycles. The molecule has 4 heteroatoms. The Morgan fingerprint density at radius 2 is 2.19 bits per heavy atom. The normalized spacial score (nSPS) is 13.6. The minimum absolute atomic E-state index is 0.417. The van der Waals surface area contributed by atoms with Gasteiger partial charge >= 0.3 is 0 Å². The summed E-state index contributed by atoms with van der Waals surface area (Å²) >= 11 is 0. The molecule has 0 saturated heterocycles. The van der Waals surface area contributed by atoms with Crippen LogP contribution in [0.2, 0.25) is 0 Å². The van der Waals surface area contributed by atoms with Gasteiger partial charge < -0.3 is 15.0 Å². The number of nitrogens with two attached hydrogens (primary N) is 1. The minimum atomic E-state index is -0.417. The summed E-state index contributed by atoms with van der Waals surface area (Å²) in [6, 6.07) is 7.89. The molecule has 4 nitrogen and oxygen atoms in total. The van der Waals surface area contributed by atoms with E-state index in [0.29, 0.717) is 12.3 Å². The molecule has 0 aliphatic carbocycles. The molecule has 0 aliphatic rings. The van der Waals surface area contributed by atoms with Crippen LogP contribution in [0, 0.1) is 17.2 Å². The average molecular weight is 366 g/mol. The van der Waals surface area contributed by atoms with Crippen LogP contribution in [0.4, 0.5) is 0 Å². The Bertz CT molecular complexity index is 870. The van der Waals surface area contributed by atoms with Crippen LogP contribution < -0.4 is 10.5 Å². The lowest BCUT2D eigenvalue weighted by molar-refractivity contribution is 0.415. The summed E-state index contributed by atoms with van der Waals surface area (Å²) in [6.07, 6.45) is 7.11. The zero-order valence-corrected chi connectivity index (χ0v) is 17.0. The van der Waals surface area contributed by atoms with Crippen molar-refractivity contribution in [2.75, 3.05) is 7.11 Å². The predicted octanol–water partition coefficient (Wildman–Crippen LogP) is 5.37. The third-order valence-corrected chi connectivity index (χ3v) is 5.01. The fourth-order valence-corrected chi connectivity index (χ4v) is 3.27. The quantitative estimate of drug-likeness (QED) is 0.649. The van der Waals surface area contributed by atoms with Crippen molar-refractivity contribution in [3.05, 3.63) is 42.1 Å². The number of aromatic nitrogens is 1. The molecule has 0 aliphatic heterocycles. The van der Waals surface area contributed by atoms with Gasteiger partial charge in [0, 0.05) is 23.6 Å². The summed E-state index contributed by atoms with van der Waals surface area (Å²) in [5, 5.41) is 10.1. The molecule has 0 fully saturated rings. The van der Waals surface area contributed by atoms with Crippen LogP contribution in [-0.2, 0) is 6.54 Å². The second-order valence-corrected chi connectivity index (χ2v) is 7.20. The number of allylic oxidation sites excluding steroid dienone is 2. The number of nitrogens with zero attached hydrogens (tertiary/aromatic N) is 2. The highest BCUT2D eigenvalue weighted by atomic mass is 16.5. The molecule has 0 spiro atoms. The van der Waals surface area contributed by atoms with Gasteiger partial charge in [-0.25, -0.2) is 0 Å². The van der Waals surface area contributed by atoms with Crippen LogP contribution in [0.25, 0.3) is 22.6 Å². The van der Waals surface area contributed by atoms with E-state index >= 15 is 0 Å². The molecule has 0 radical (unpaired) electrons. The van der Waals surface area contributed by atoms with Gasteiger partial charge in [-0.05, 0) is 43.4 Å². The van der Waals surface area contributed by atoms with Gasteiger partial charge in [-0.2, -0.15) is 5.26 Å². The van der Waals surface area contributed by atoms with Crippen molar-refractivity contribution < 1.29 is 4.74 Å². The van der Waals surface area contributed by atoms with E-state index in [1.807, 2.05) is 13.0 Å². The lowest BCUT2D eigenvalue weighted by Crippen LogP contribution is -2.17. The van der Waals surface area contributed by atoms with Crippen LogP contribution in [-0.4, -0.2) is 17.7 Å². The molecular formula is C23H31N3O. The smallest absolute Gasteiger partial charge is 0.120 e. The van der Waals surface area contributed by atoms with Crippen molar-refractivity contribution in [2.24, 2.45) is 11.7 Å². The van der Waals surface area contributed by atoms with E-state index in [0.717, 1.165) is 41.9 Å². The number of fused-ring (bicyclic) bond motifs is 1.